The van der Waals surface area contributed by atoms with E-state index in [9.17, 15) is 9.59 Å². The fourth-order valence-corrected chi connectivity index (χ4v) is 7.48. The van der Waals surface area contributed by atoms with Crippen LogP contribution in [-0.4, -0.2) is 19.0 Å². The van der Waals surface area contributed by atoms with Gasteiger partial charge in [-0.15, -0.1) is 0 Å². The Balaban J connectivity index is 0.00000126. The molecule has 142 valence electrons. The quantitative estimate of drug-likeness (QED) is 0.534. The molecule has 3 aliphatic carbocycles. The van der Waals surface area contributed by atoms with Gasteiger partial charge in [-0.1, -0.05) is 0 Å². The first-order valence-corrected chi connectivity index (χ1v) is 11.3. The molecule has 0 spiro atoms. The maximum absolute atomic E-state index is 11.7. The van der Waals surface area contributed by atoms with Crippen molar-refractivity contribution in [2.24, 2.45) is 5.92 Å². The summed E-state index contributed by atoms with van der Waals surface area (Å²) in [6.45, 7) is 2.23. The Morgan fingerprint density at radius 3 is 2.15 bits per heavy atom. The van der Waals surface area contributed by atoms with Crippen molar-refractivity contribution in [3.63, 3.8) is 0 Å². The van der Waals surface area contributed by atoms with Gasteiger partial charge in [-0.05, 0) is 0 Å². The van der Waals surface area contributed by atoms with Gasteiger partial charge < -0.3 is 5.11 Å². The number of fused-ring (bicyclic) bond motifs is 1. The molecule has 3 aliphatic rings. The summed E-state index contributed by atoms with van der Waals surface area (Å²) in [4.78, 5) is 23.3. The number of terminal acetylenes is 2. The third kappa shape index (κ3) is 4.56. The molecule has 0 aromatic heterocycles. The van der Waals surface area contributed by atoms with E-state index in [2.05, 4.69) is 6.92 Å². The summed E-state index contributed by atoms with van der Waals surface area (Å²) >= 11 is -3.03. The summed E-state index contributed by atoms with van der Waals surface area (Å²) in [6, 6.07) is 0. The molecule has 0 N–H and O–H groups in total. The van der Waals surface area contributed by atoms with Crippen LogP contribution in [0, 0.1) is 30.6 Å². The van der Waals surface area contributed by atoms with Gasteiger partial charge in [0.2, 0.25) is 0 Å². The van der Waals surface area contributed by atoms with Crippen LogP contribution in [0.5, 0.6) is 0 Å². The second-order valence-electron chi connectivity index (χ2n) is 6.70. The van der Waals surface area contributed by atoms with E-state index in [1.807, 2.05) is 11.8 Å². The summed E-state index contributed by atoms with van der Waals surface area (Å²) in [5.74, 6) is 2.72. The maximum atomic E-state index is 11.7. The Labute approximate surface area is 168 Å². The van der Waals surface area contributed by atoms with Crippen LogP contribution in [0.25, 0.3) is 0 Å². The van der Waals surface area contributed by atoms with Gasteiger partial charge in [-0.3, -0.25) is 0 Å². The average molecular weight is 404 g/mol. The third-order valence-corrected chi connectivity index (χ3v) is 8.45. The molecule has 0 radical (unpaired) electrons. The first-order chi connectivity index (χ1) is 13.1. The molecule has 0 amide bonds. The van der Waals surface area contributed by atoms with Crippen LogP contribution in [0.3, 0.4) is 0 Å². The van der Waals surface area contributed by atoms with Crippen molar-refractivity contribution >= 4 is 11.9 Å². The van der Waals surface area contributed by atoms with Gasteiger partial charge in [-0.25, -0.2) is 0 Å². The predicted octanol–water partition coefficient (Wildman–Crippen LogP) is 2.55. The zero-order chi connectivity index (χ0) is 20.0. The summed E-state index contributed by atoms with van der Waals surface area (Å²) in [5.41, 5.74) is 5.80. The normalized spacial score (nSPS) is 23.0. The molecule has 27 heavy (non-hydrogen) atoms. The van der Waals surface area contributed by atoms with Gasteiger partial charge in [0.1, 0.15) is 0 Å². The van der Waals surface area contributed by atoms with E-state index in [1.54, 1.807) is 0 Å². The van der Waals surface area contributed by atoms with E-state index < -0.39 is 30.6 Å². The van der Waals surface area contributed by atoms with Crippen molar-refractivity contribution in [1.29, 1.82) is 0 Å². The van der Waals surface area contributed by atoms with Gasteiger partial charge >= 0.3 is 156 Å². The standard InChI is InChI=1S/C14H19.2C3H2O2.CH3O.Ti/c1-10-11-6-2-4-8-13(11)14-9-5-3-7-12(10)14;2*1-2-3(4)5;1-2;/h6,10H,2-5,7-9H2,1H3;2*1H,(H,4,5);1H3;/q;;;-1;+3/p-2. The molecule has 6 heteroatoms. The fraction of sp³-hybridized carbons (Fsp3) is 0.524. The van der Waals surface area contributed by atoms with Gasteiger partial charge in [0.25, 0.3) is 0 Å². The average Bonchev–Trinajstić information content (AvgIpc) is 3.01. The van der Waals surface area contributed by atoms with Crippen LogP contribution in [0.4, 0.5) is 0 Å². The predicted molar refractivity (Wildman–Crippen MR) is 95.1 cm³/mol. The van der Waals surface area contributed by atoms with Crippen LogP contribution in [-0.2, 0) is 34.9 Å². The molecule has 0 bridgehead atoms. The summed E-state index contributed by atoms with van der Waals surface area (Å²) in [6.07, 6.45) is 17.9. The second-order valence-corrected chi connectivity index (χ2v) is 9.42. The van der Waals surface area contributed by atoms with Crippen molar-refractivity contribution in [2.45, 2.75) is 56.1 Å². The minimum Gasteiger partial charge on any atom is -0.857 e. The van der Waals surface area contributed by atoms with Crippen molar-refractivity contribution in [3.8, 4) is 24.7 Å². The Bertz CT molecular complexity index is 722. The van der Waals surface area contributed by atoms with E-state index in [0.717, 1.165) is 39.2 Å². The van der Waals surface area contributed by atoms with Crippen molar-refractivity contribution in [2.75, 3.05) is 7.11 Å². The number of carbonyl (C=O) groups is 2. The van der Waals surface area contributed by atoms with Gasteiger partial charge in [-0.2, -0.15) is 7.11 Å². The van der Waals surface area contributed by atoms with Crippen molar-refractivity contribution in [1.82, 2.24) is 0 Å². The molecule has 0 heterocycles. The van der Waals surface area contributed by atoms with Gasteiger partial charge in [0.05, 0.1) is 0 Å². The van der Waals surface area contributed by atoms with E-state index in [-0.39, 0.29) is 4.22 Å². The van der Waals surface area contributed by atoms with E-state index in [4.69, 9.17) is 24.6 Å². The van der Waals surface area contributed by atoms with Crippen molar-refractivity contribution in [3.05, 3.63) is 22.3 Å². The molecule has 0 aliphatic heterocycles. The largest absolute Gasteiger partial charge is 0.857 e. The van der Waals surface area contributed by atoms with Gasteiger partial charge in [0.15, 0.2) is 0 Å². The molecule has 0 aromatic rings. The van der Waals surface area contributed by atoms with Crippen LogP contribution >= 0.6 is 0 Å². The fourth-order valence-electron chi connectivity index (χ4n) is 4.47. The Morgan fingerprint density at radius 1 is 1.00 bits per heavy atom. The number of rotatable bonds is 3. The number of allylic oxidation sites excluding steroid dienone is 4. The molecular formula is C21H24O5Ti. The molecular weight excluding hydrogens is 380 g/mol. The Morgan fingerprint density at radius 2 is 1.56 bits per heavy atom. The molecule has 2 atom stereocenters. The van der Waals surface area contributed by atoms with E-state index >= 15 is 0 Å². The Kier molecular flexibility index (Phi) is 7.93. The zero-order valence-electron chi connectivity index (χ0n) is 15.8. The molecule has 5 nitrogen and oxygen atoms in total. The summed E-state index contributed by atoms with van der Waals surface area (Å²) < 4.78 is 10.8. The molecule has 0 saturated heterocycles. The minimum absolute atomic E-state index is 0.0149. The second kappa shape index (κ2) is 9.95. The monoisotopic (exact) mass is 404 g/mol. The number of hydrogen-bond donors (Lipinski definition) is 0. The molecule has 3 rings (SSSR count). The molecule has 0 fully saturated rings. The van der Waals surface area contributed by atoms with Crippen LogP contribution in [0.2, 0.25) is 4.22 Å². The molecule has 0 aromatic carbocycles. The third-order valence-electron chi connectivity index (χ3n) is 5.41. The summed E-state index contributed by atoms with van der Waals surface area (Å²) in [7, 11) is 0.750. The number of hydrogen-bond acceptors (Lipinski definition) is 5. The SMILES string of the molecule is C#CC(=O)[O][Ti+]([O]C(=O)C#C)[CH]1CCCC2=C1C(C)C1=C2CCCC1.C[O-]. The van der Waals surface area contributed by atoms with E-state index in [0.29, 0.717) is 5.92 Å². The topological polar surface area (TPSA) is 75.7 Å². The molecule has 0 saturated carbocycles. The zero-order valence-corrected chi connectivity index (χ0v) is 17.4. The maximum Gasteiger partial charge on any atom is -0.153 e. The first kappa shape index (κ1) is 21.5. The smallest absolute Gasteiger partial charge is 0.153 e. The minimum atomic E-state index is -3.03. The Hall–Kier alpha value is -1.79. The summed E-state index contributed by atoms with van der Waals surface area (Å²) in [5, 5.41) is 8.25. The van der Waals surface area contributed by atoms with Crippen LogP contribution < -0.4 is 5.11 Å². The van der Waals surface area contributed by atoms with Crippen LogP contribution in [0.15, 0.2) is 22.3 Å². The van der Waals surface area contributed by atoms with E-state index in [1.165, 1.54) is 35.1 Å². The first-order valence-electron chi connectivity index (χ1n) is 9.16. The van der Waals surface area contributed by atoms with Crippen molar-refractivity contribution < 1.29 is 40.0 Å². The van der Waals surface area contributed by atoms with Gasteiger partial charge in [0, 0.05) is 0 Å². The van der Waals surface area contributed by atoms with Crippen LogP contribution in [0.1, 0.15) is 51.9 Å². The molecule has 2 unspecified atom stereocenters. The number of carbonyl (C=O) groups excluding carboxylic acids is 2.